The Morgan fingerprint density at radius 1 is 1.05 bits per heavy atom. The van der Waals surface area contributed by atoms with E-state index in [0.29, 0.717) is 34.5 Å². The van der Waals surface area contributed by atoms with Gasteiger partial charge in [-0.3, -0.25) is 14.5 Å². The van der Waals surface area contributed by atoms with Gasteiger partial charge in [-0.05, 0) is 66.6 Å². The van der Waals surface area contributed by atoms with Crippen molar-refractivity contribution in [2.75, 3.05) is 30.5 Å². The summed E-state index contributed by atoms with van der Waals surface area (Å²) >= 11 is 0. The number of carbonyl (C=O) groups is 2. The van der Waals surface area contributed by atoms with E-state index in [-0.39, 0.29) is 17.3 Å². The van der Waals surface area contributed by atoms with E-state index in [2.05, 4.69) is 16.9 Å². The van der Waals surface area contributed by atoms with Crippen LogP contribution in [-0.2, 0) is 9.59 Å². The van der Waals surface area contributed by atoms with Gasteiger partial charge < -0.3 is 19.7 Å². The number of Topliss-reactive ketones (excluding diaryl/α,β-unsaturated/α-hetero) is 1. The maximum atomic E-state index is 13.9. The van der Waals surface area contributed by atoms with E-state index in [4.69, 9.17) is 4.74 Å². The maximum Gasteiger partial charge on any atom is 0.302 e. The molecule has 1 saturated heterocycles. The Hall–Kier alpha value is -4.66. The Morgan fingerprint density at radius 2 is 1.77 bits per heavy atom. The zero-order valence-corrected chi connectivity index (χ0v) is 22.6. The number of aromatic amines is 1. The number of anilines is 2. The minimum atomic E-state index is -0.966. The number of unbranched alkanes of at least 4 members (excludes halogenated alkanes) is 2. The number of aliphatic hydroxyl groups is 1. The fraction of sp³-hybridized carbons (Fsp3) is 0.258. The van der Waals surface area contributed by atoms with E-state index < -0.39 is 23.5 Å². The second kappa shape index (κ2) is 11.2. The van der Waals surface area contributed by atoms with Crippen molar-refractivity contribution in [2.45, 2.75) is 32.2 Å². The number of rotatable bonds is 9. The van der Waals surface area contributed by atoms with Crippen molar-refractivity contribution in [3.8, 4) is 5.75 Å². The molecule has 1 fully saturated rings. The lowest BCUT2D eigenvalue weighted by molar-refractivity contribution is -0.132. The molecule has 8 nitrogen and oxygen atoms in total. The molecule has 5 rings (SSSR count). The lowest BCUT2D eigenvalue weighted by Gasteiger charge is -2.23. The molecule has 1 aliphatic rings. The number of benzene rings is 3. The number of aromatic nitrogens is 2. The van der Waals surface area contributed by atoms with Gasteiger partial charge in [-0.15, -0.1) is 0 Å². The second-order valence-corrected chi connectivity index (χ2v) is 9.96. The minimum Gasteiger partial charge on any atom is -0.507 e. The molecule has 206 valence electrons. The monoisotopic (exact) mass is 542 g/mol. The number of halogens is 1. The topological polar surface area (TPSA) is 98.8 Å². The number of fused-ring (bicyclic) bond motifs is 1. The highest BCUT2D eigenvalue weighted by molar-refractivity contribution is 6.51. The zero-order valence-electron chi connectivity index (χ0n) is 22.6. The molecule has 0 spiro atoms. The van der Waals surface area contributed by atoms with Gasteiger partial charge in [0.15, 0.2) is 0 Å². The molecule has 1 aliphatic heterocycles. The lowest BCUT2D eigenvalue weighted by atomic mass is 9.95. The Balaban J connectivity index is 1.58. The Labute approximate surface area is 231 Å². The van der Waals surface area contributed by atoms with Crippen LogP contribution in [-0.4, -0.2) is 47.5 Å². The van der Waals surface area contributed by atoms with Gasteiger partial charge in [-0.1, -0.05) is 31.9 Å². The van der Waals surface area contributed by atoms with Crippen LogP contribution in [0, 0.1) is 5.82 Å². The summed E-state index contributed by atoms with van der Waals surface area (Å²) in [4.78, 5) is 37.5. The third-order valence-electron chi connectivity index (χ3n) is 6.97. The molecule has 0 saturated carbocycles. The van der Waals surface area contributed by atoms with Crippen molar-refractivity contribution < 1.29 is 23.8 Å². The molecular weight excluding hydrogens is 511 g/mol. The van der Waals surface area contributed by atoms with Gasteiger partial charge >= 0.3 is 5.91 Å². The predicted molar refractivity (Wildman–Crippen MR) is 153 cm³/mol. The SMILES string of the molecule is CCCCCOc1ccc(/C(O)=C2\C(=O)C(=O)N(c3nc4ccc(F)cc4[nH]3)C2c2ccc(N(C)C)cc2)cc1. The van der Waals surface area contributed by atoms with Crippen molar-refractivity contribution in [3.05, 3.63) is 89.2 Å². The number of carbonyl (C=O) groups excluding carboxylic acids is 2. The van der Waals surface area contributed by atoms with Crippen LogP contribution in [0.5, 0.6) is 5.75 Å². The number of ketones is 1. The van der Waals surface area contributed by atoms with Gasteiger partial charge in [0.05, 0.1) is 29.3 Å². The number of imidazole rings is 1. The summed E-state index contributed by atoms with van der Waals surface area (Å²) in [6.45, 7) is 2.72. The van der Waals surface area contributed by atoms with Gasteiger partial charge in [0.2, 0.25) is 5.95 Å². The highest BCUT2D eigenvalue weighted by Crippen LogP contribution is 2.42. The van der Waals surface area contributed by atoms with Crippen molar-refractivity contribution in [2.24, 2.45) is 0 Å². The van der Waals surface area contributed by atoms with Crippen molar-refractivity contribution in [1.29, 1.82) is 0 Å². The highest BCUT2D eigenvalue weighted by Gasteiger charge is 2.48. The quantitative estimate of drug-likeness (QED) is 0.117. The van der Waals surface area contributed by atoms with Crippen LogP contribution in [0.2, 0.25) is 0 Å². The van der Waals surface area contributed by atoms with Crippen LogP contribution in [0.25, 0.3) is 16.8 Å². The first-order valence-corrected chi connectivity index (χ1v) is 13.2. The smallest absolute Gasteiger partial charge is 0.302 e. The number of hydrogen-bond donors (Lipinski definition) is 2. The van der Waals surface area contributed by atoms with Gasteiger partial charge in [-0.25, -0.2) is 9.37 Å². The molecule has 0 radical (unpaired) electrons. The van der Waals surface area contributed by atoms with Crippen molar-refractivity contribution in [1.82, 2.24) is 9.97 Å². The Kier molecular flexibility index (Phi) is 7.55. The van der Waals surface area contributed by atoms with E-state index in [9.17, 15) is 19.1 Å². The minimum absolute atomic E-state index is 0.0640. The zero-order chi connectivity index (χ0) is 28.4. The summed E-state index contributed by atoms with van der Waals surface area (Å²) in [6, 6.07) is 17.2. The van der Waals surface area contributed by atoms with E-state index in [1.165, 1.54) is 23.1 Å². The normalized spacial score (nSPS) is 16.6. The summed E-state index contributed by atoms with van der Waals surface area (Å²) in [7, 11) is 3.82. The summed E-state index contributed by atoms with van der Waals surface area (Å²) in [6.07, 6.45) is 3.12. The fourth-order valence-corrected chi connectivity index (χ4v) is 4.81. The summed E-state index contributed by atoms with van der Waals surface area (Å²) in [5, 5.41) is 11.4. The van der Waals surface area contributed by atoms with Crippen LogP contribution in [0.4, 0.5) is 16.0 Å². The molecule has 9 heteroatoms. The number of ether oxygens (including phenoxy) is 1. The number of H-pyrrole nitrogens is 1. The number of nitrogens with zero attached hydrogens (tertiary/aromatic N) is 3. The molecule has 1 aromatic heterocycles. The molecule has 2 heterocycles. The molecular formula is C31H31FN4O4. The van der Waals surface area contributed by atoms with Crippen LogP contribution in [0.3, 0.4) is 0 Å². The molecule has 1 unspecified atom stereocenters. The number of hydrogen-bond acceptors (Lipinski definition) is 6. The first-order chi connectivity index (χ1) is 19.3. The molecule has 3 aromatic carbocycles. The predicted octanol–water partition coefficient (Wildman–Crippen LogP) is 5.96. The second-order valence-electron chi connectivity index (χ2n) is 9.96. The van der Waals surface area contributed by atoms with Crippen molar-refractivity contribution in [3.63, 3.8) is 0 Å². The van der Waals surface area contributed by atoms with Gasteiger partial charge in [0.1, 0.15) is 17.3 Å². The number of aliphatic hydroxyl groups excluding tert-OH is 1. The van der Waals surface area contributed by atoms with Gasteiger partial charge in [0.25, 0.3) is 5.78 Å². The average molecular weight is 543 g/mol. The van der Waals surface area contributed by atoms with Crippen molar-refractivity contribution >= 4 is 40.1 Å². The third-order valence-corrected chi connectivity index (χ3v) is 6.97. The van der Waals surface area contributed by atoms with E-state index in [1.807, 2.05) is 43.3 Å². The lowest BCUT2D eigenvalue weighted by Crippen LogP contribution is -2.30. The van der Waals surface area contributed by atoms with Gasteiger partial charge in [-0.2, -0.15) is 0 Å². The number of amides is 1. The van der Waals surface area contributed by atoms with Crippen LogP contribution < -0.4 is 14.5 Å². The molecule has 4 aromatic rings. The molecule has 0 bridgehead atoms. The Morgan fingerprint density at radius 3 is 2.45 bits per heavy atom. The summed E-state index contributed by atoms with van der Waals surface area (Å²) in [5.41, 5.74) is 2.66. The van der Waals surface area contributed by atoms with Crippen LogP contribution in [0.1, 0.15) is 43.4 Å². The standard InChI is InChI=1S/C31H31FN4O4/c1-4-5-6-17-40-23-14-9-20(10-15-23)28(37)26-27(19-7-12-22(13-8-19)35(2)3)36(30(39)29(26)38)31-33-24-16-11-21(32)18-25(24)34-31/h7-16,18,27,37H,4-6,17H2,1-3H3,(H,33,34)/b28-26+. The highest BCUT2D eigenvalue weighted by atomic mass is 19.1. The van der Waals surface area contributed by atoms with E-state index in [0.717, 1.165) is 24.9 Å². The molecule has 1 atom stereocenters. The summed E-state index contributed by atoms with van der Waals surface area (Å²) < 4.78 is 19.6. The first kappa shape index (κ1) is 26.9. The van der Waals surface area contributed by atoms with E-state index in [1.54, 1.807) is 24.3 Å². The van der Waals surface area contributed by atoms with Crippen LogP contribution >= 0.6 is 0 Å². The molecule has 2 N–H and O–H groups in total. The average Bonchev–Trinajstić information content (AvgIpc) is 3.48. The van der Waals surface area contributed by atoms with Crippen LogP contribution in [0.15, 0.2) is 72.3 Å². The van der Waals surface area contributed by atoms with E-state index >= 15 is 0 Å². The molecule has 40 heavy (non-hydrogen) atoms. The third kappa shape index (κ3) is 5.14. The van der Waals surface area contributed by atoms with Gasteiger partial charge in [0, 0.05) is 25.3 Å². The largest absolute Gasteiger partial charge is 0.507 e. The maximum absolute atomic E-state index is 13.9. The number of nitrogens with one attached hydrogen (secondary N) is 1. The Bertz CT molecular complexity index is 1580. The fourth-order valence-electron chi connectivity index (χ4n) is 4.81. The summed E-state index contributed by atoms with van der Waals surface area (Å²) in [5.74, 6) is -1.72. The first-order valence-electron chi connectivity index (χ1n) is 13.2. The molecule has 0 aliphatic carbocycles. The molecule has 1 amide bonds.